The van der Waals surface area contributed by atoms with Crippen molar-refractivity contribution >= 4 is 33.0 Å². The van der Waals surface area contributed by atoms with Crippen molar-refractivity contribution in [3.63, 3.8) is 0 Å². The van der Waals surface area contributed by atoms with Gasteiger partial charge in [0.25, 0.3) is 0 Å². The highest BCUT2D eigenvalue weighted by Gasteiger charge is 2.32. The average molecular weight is 359 g/mol. The number of aromatic nitrogens is 2. The maximum absolute atomic E-state index is 10.1. The molecule has 0 unspecified atom stereocenters. The lowest BCUT2D eigenvalue weighted by atomic mass is 10.0. The van der Waals surface area contributed by atoms with Crippen LogP contribution in [0.5, 0.6) is 0 Å². The monoisotopic (exact) mass is 358 g/mol. The number of fused-ring (bicyclic) bond motifs is 1. The standard InChI is InChI=1S/C19H26N4OS/c1-5-12-8-13(9-14(12)24)22-18(20)16(10(2)3)19-23-17-11(4)21-7-6-15(17)25-19/h6-7,12-14,24H,5,8-9H2,1-4H3,(H2,20,22)/t12-,13+,14-/m0/s1. The summed E-state index contributed by atoms with van der Waals surface area (Å²) >= 11 is 1.62. The Morgan fingerprint density at radius 2 is 2.16 bits per heavy atom. The third-order valence-corrected chi connectivity index (χ3v) is 5.98. The van der Waals surface area contributed by atoms with Crippen LogP contribution in [0, 0.1) is 12.8 Å². The summed E-state index contributed by atoms with van der Waals surface area (Å²) in [6.45, 7) is 8.15. The van der Waals surface area contributed by atoms with Gasteiger partial charge in [-0.05, 0) is 45.6 Å². The van der Waals surface area contributed by atoms with E-state index < -0.39 is 0 Å². The Kier molecular flexibility index (Phi) is 5.20. The third-order valence-electron chi connectivity index (χ3n) is 4.94. The van der Waals surface area contributed by atoms with Gasteiger partial charge < -0.3 is 10.8 Å². The molecule has 0 radical (unpaired) electrons. The van der Waals surface area contributed by atoms with E-state index in [9.17, 15) is 5.11 Å². The summed E-state index contributed by atoms with van der Waals surface area (Å²) in [6, 6.07) is 2.07. The number of rotatable bonds is 4. The molecule has 0 aliphatic heterocycles. The van der Waals surface area contributed by atoms with Gasteiger partial charge in [0.15, 0.2) is 0 Å². The molecular formula is C19H26N4OS. The van der Waals surface area contributed by atoms with Crippen molar-refractivity contribution in [2.45, 2.75) is 59.1 Å². The summed E-state index contributed by atoms with van der Waals surface area (Å²) in [7, 11) is 0. The van der Waals surface area contributed by atoms with Gasteiger partial charge in [0, 0.05) is 6.20 Å². The van der Waals surface area contributed by atoms with E-state index in [4.69, 9.17) is 15.7 Å². The van der Waals surface area contributed by atoms with Gasteiger partial charge in [0.1, 0.15) is 16.4 Å². The van der Waals surface area contributed by atoms with E-state index in [1.807, 2.05) is 33.0 Å². The number of hydrogen-bond acceptors (Lipinski definition) is 5. The number of nitrogens with zero attached hydrogens (tertiary/aromatic N) is 3. The van der Waals surface area contributed by atoms with E-state index >= 15 is 0 Å². The second-order valence-corrected chi connectivity index (χ2v) is 8.04. The number of aliphatic hydroxyl groups is 1. The Hall–Kier alpha value is -1.79. The number of nitrogens with two attached hydrogens (primary N) is 1. The maximum atomic E-state index is 10.1. The Bertz CT molecular complexity index is 835. The van der Waals surface area contributed by atoms with Gasteiger partial charge in [-0.15, -0.1) is 11.3 Å². The molecule has 134 valence electrons. The first-order valence-electron chi connectivity index (χ1n) is 8.82. The number of aliphatic imine (C=N–C) groups is 1. The van der Waals surface area contributed by atoms with E-state index in [1.54, 1.807) is 11.3 Å². The number of aliphatic hydroxyl groups excluding tert-OH is 1. The summed E-state index contributed by atoms with van der Waals surface area (Å²) in [5.41, 5.74) is 10.2. The topological polar surface area (TPSA) is 84.4 Å². The first-order valence-corrected chi connectivity index (χ1v) is 9.64. The number of thiazole rings is 1. The summed E-state index contributed by atoms with van der Waals surface area (Å²) in [4.78, 5) is 13.8. The van der Waals surface area contributed by atoms with Crippen LogP contribution in [0.2, 0.25) is 0 Å². The predicted molar refractivity (Wildman–Crippen MR) is 105 cm³/mol. The zero-order valence-corrected chi connectivity index (χ0v) is 16.1. The van der Waals surface area contributed by atoms with Crippen LogP contribution in [0.1, 0.15) is 50.7 Å². The molecule has 1 fully saturated rings. The van der Waals surface area contributed by atoms with Gasteiger partial charge in [0.05, 0.1) is 28.1 Å². The van der Waals surface area contributed by atoms with E-state index in [0.29, 0.717) is 18.2 Å². The molecule has 2 aromatic heterocycles. The summed E-state index contributed by atoms with van der Waals surface area (Å²) < 4.78 is 1.11. The molecule has 3 atom stereocenters. The largest absolute Gasteiger partial charge is 0.393 e. The lowest BCUT2D eigenvalue weighted by Crippen LogP contribution is -2.18. The van der Waals surface area contributed by atoms with Crippen LogP contribution in [-0.2, 0) is 0 Å². The number of aryl methyl sites for hydroxylation is 1. The van der Waals surface area contributed by atoms with E-state index in [2.05, 4.69) is 11.9 Å². The molecule has 0 saturated heterocycles. The molecule has 2 heterocycles. The first-order chi connectivity index (χ1) is 11.9. The zero-order chi connectivity index (χ0) is 18.1. The van der Waals surface area contributed by atoms with Gasteiger partial charge in [0.2, 0.25) is 0 Å². The van der Waals surface area contributed by atoms with Crippen molar-refractivity contribution in [2.24, 2.45) is 16.6 Å². The maximum Gasteiger partial charge on any atom is 0.128 e. The fourth-order valence-corrected chi connectivity index (χ4v) is 4.72. The molecule has 6 heteroatoms. The molecule has 1 saturated carbocycles. The average Bonchev–Trinajstić information content (AvgIpc) is 3.11. The predicted octanol–water partition coefficient (Wildman–Crippen LogP) is 3.70. The van der Waals surface area contributed by atoms with Crippen LogP contribution in [0.4, 0.5) is 0 Å². The van der Waals surface area contributed by atoms with Crippen molar-refractivity contribution in [3.05, 3.63) is 28.5 Å². The number of allylic oxidation sites excluding steroid dienone is 1. The van der Waals surface area contributed by atoms with Crippen molar-refractivity contribution < 1.29 is 5.11 Å². The van der Waals surface area contributed by atoms with Gasteiger partial charge in [-0.1, -0.05) is 18.9 Å². The molecule has 0 spiro atoms. The third kappa shape index (κ3) is 3.60. The number of hydrogen-bond donors (Lipinski definition) is 2. The lowest BCUT2D eigenvalue weighted by molar-refractivity contribution is 0.130. The molecular weight excluding hydrogens is 332 g/mol. The molecule has 0 aromatic carbocycles. The minimum Gasteiger partial charge on any atom is -0.393 e. The molecule has 25 heavy (non-hydrogen) atoms. The van der Waals surface area contributed by atoms with Crippen molar-refractivity contribution in [1.29, 1.82) is 0 Å². The van der Waals surface area contributed by atoms with E-state index in [-0.39, 0.29) is 12.1 Å². The normalized spacial score (nSPS) is 24.0. The Labute approximate surface area is 152 Å². The zero-order valence-electron chi connectivity index (χ0n) is 15.3. The lowest BCUT2D eigenvalue weighted by Gasteiger charge is -2.10. The van der Waals surface area contributed by atoms with Crippen LogP contribution in [0.15, 0.2) is 22.8 Å². The van der Waals surface area contributed by atoms with Crippen LogP contribution in [0.25, 0.3) is 15.8 Å². The minimum absolute atomic E-state index is 0.0899. The molecule has 0 amide bonds. The number of amidine groups is 1. The smallest absolute Gasteiger partial charge is 0.128 e. The van der Waals surface area contributed by atoms with E-state index in [1.165, 1.54) is 0 Å². The Morgan fingerprint density at radius 1 is 1.40 bits per heavy atom. The number of pyridine rings is 1. The van der Waals surface area contributed by atoms with Crippen molar-refractivity contribution in [1.82, 2.24) is 9.97 Å². The van der Waals surface area contributed by atoms with Gasteiger partial charge in [-0.2, -0.15) is 0 Å². The Balaban J connectivity index is 1.95. The van der Waals surface area contributed by atoms with Crippen molar-refractivity contribution in [3.8, 4) is 0 Å². The molecule has 3 rings (SSSR count). The summed E-state index contributed by atoms with van der Waals surface area (Å²) in [5.74, 6) is 0.853. The van der Waals surface area contributed by atoms with Gasteiger partial charge in [-0.25, -0.2) is 4.98 Å². The molecule has 5 nitrogen and oxygen atoms in total. The van der Waals surface area contributed by atoms with Crippen LogP contribution in [0.3, 0.4) is 0 Å². The fourth-order valence-electron chi connectivity index (χ4n) is 3.55. The molecule has 1 aliphatic carbocycles. The Morgan fingerprint density at radius 3 is 2.76 bits per heavy atom. The molecule has 1 aliphatic rings. The molecule has 3 N–H and O–H groups in total. The van der Waals surface area contributed by atoms with Crippen molar-refractivity contribution in [2.75, 3.05) is 0 Å². The van der Waals surface area contributed by atoms with Crippen LogP contribution < -0.4 is 5.73 Å². The van der Waals surface area contributed by atoms with Crippen LogP contribution >= 0.6 is 11.3 Å². The highest BCUT2D eigenvalue weighted by molar-refractivity contribution is 7.19. The van der Waals surface area contributed by atoms with Crippen LogP contribution in [-0.4, -0.2) is 33.1 Å². The second kappa shape index (κ2) is 7.22. The van der Waals surface area contributed by atoms with Gasteiger partial charge >= 0.3 is 0 Å². The SMILES string of the molecule is CC[C@H]1C[C@@H](N=C(N)C(=C(C)C)c2nc3c(C)nccc3s2)C[C@@H]1O. The van der Waals surface area contributed by atoms with Gasteiger partial charge in [-0.3, -0.25) is 9.98 Å². The molecule has 0 bridgehead atoms. The van der Waals surface area contributed by atoms with E-state index in [0.717, 1.165) is 44.9 Å². The highest BCUT2D eigenvalue weighted by atomic mass is 32.1. The quantitative estimate of drug-likeness (QED) is 0.645. The first kappa shape index (κ1) is 18.0. The second-order valence-electron chi connectivity index (χ2n) is 7.01. The fraction of sp³-hybridized carbons (Fsp3) is 0.526. The molecule has 2 aromatic rings. The summed E-state index contributed by atoms with van der Waals surface area (Å²) in [5, 5.41) is 11.0. The minimum atomic E-state index is -0.266. The highest BCUT2D eigenvalue weighted by Crippen LogP contribution is 2.33. The summed E-state index contributed by atoms with van der Waals surface area (Å²) in [6.07, 6.45) is 4.12.